The summed E-state index contributed by atoms with van der Waals surface area (Å²) < 4.78 is 5.54. The van der Waals surface area contributed by atoms with Gasteiger partial charge in [0, 0.05) is 5.41 Å². The highest BCUT2D eigenvalue weighted by Gasteiger charge is 2.36. The summed E-state index contributed by atoms with van der Waals surface area (Å²) in [5, 5.41) is 0. The van der Waals surface area contributed by atoms with Crippen LogP contribution in [-0.2, 0) is 4.74 Å². The molecule has 0 radical (unpaired) electrons. The van der Waals surface area contributed by atoms with E-state index in [1.54, 1.807) is 0 Å². The van der Waals surface area contributed by atoms with Crippen LogP contribution in [0.2, 0.25) is 0 Å². The van der Waals surface area contributed by atoms with Gasteiger partial charge in [0.15, 0.2) is 5.90 Å². The third-order valence-corrected chi connectivity index (χ3v) is 3.28. The van der Waals surface area contributed by atoms with Gasteiger partial charge in [0.05, 0.1) is 6.54 Å². The Morgan fingerprint density at radius 3 is 2.31 bits per heavy atom. The van der Waals surface area contributed by atoms with Crippen molar-refractivity contribution in [2.45, 2.75) is 34.6 Å². The van der Waals surface area contributed by atoms with Crippen molar-refractivity contribution >= 4 is 5.90 Å². The highest BCUT2D eigenvalue weighted by atomic mass is 16.5. The smallest absolute Gasteiger partial charge is 0.189 e. The van der Waals surface area contributed by atoms with Crippen LogP contribution in [0.25, 0.3) is 0 Å². The highest BCUT2D eigenvalue weighted by molar-refractivity contribution is 5.83. The summed E-state index contributed by atoms with van der Waals surface area (Å²) in [6.45, 7) is 12.8. The van der Waals surface area contributed by atoms with Crippen molar-refractivity contribution in [1.29, 1.82) is 0 Å². The first-order valence-corrected chi connectivity index (χ1v) is 5.14. The Kier molecular flexibility index (Phi) is 2.99. The molecule has 0 aliphatic carbocycles. The van der Waals surface area contributed by atoms with Crippen molar-refractivity contribution in [2.24, 2.45) is 22.2 Å². The number of nitrogens with zero attached hydrogens (tertiary/aromatic N) is 1. The molecule has 0 amide bonds. The van der Waals surface area contributed by atoms with E-state index in [0.29, 0.717) is 11.8 Å². The molecule has 0 bridgehead atoms. The monoisotopic (exact) mass is 183 g/mol. The van der Waals surface area contributed by atoms with Crippen LogP contribution in [0.4, 0.5) is 0 Å². The Balaban J connectivity index is 2.74. The van der Waals surface area contributed by atoms with Crippen LogP contribution < -0.4 is 0 Å². The maximum Gasteiger partial charge on any atom is 0.189 e. The Hall–Kier alpha value is -0.530. The van der Waals surface area contributed by atoms with Gasteiger partial charge in [-0.05, 0) is 11.8 Å². The van der Waals surface area contributed by atoms with Crippen LogP contribution in [0.5, 0.6) is 0 Å². The molecule has 13 heavy (non-hydrogen) atoms. The van der Waals surface area contributed by atoms with Crippen molar-refractivity contribution in [3.63, 3.8) is 0 Å². The van der Waals surface area contributed by atoms with E-state index in [2.05, 4.69) is 39.6 Å². The third-order valence-electron chi connectivity index (χ3n) is 3.28. The van der Waals surface area contributed by atoms with Gasteiger partial charge in [-0.3, -0.25) is 4.99 Å². The second-order valence-electron chi connectivity index (χ2n) is 4.79. The predicted molar refractivity (Wildman–Crippen MR) is 56.0 cm³/mol. The van der Waals surface area contributed by atoms with Gasteiger partial charge in [-0.1, -0.05) is 34.6 Å². The van der Waals surface area contributed by atoms with Gasteiger partial charge in [0.2, 0.25) is 0 Å². The average molecular weight is 183 g/mol. The molecule has 2 heteroatoms. The van der Waals surface area contributed by atoms with Gasteiger partial charge in [-0.2, -0.15) is 0 Å². The molecule has 0 saturated carbocycles. The first-order chi connectivity index (χ1) is 5.96. The molecule has 1 unspecified atom stereocenters. The Bertz CT molecular complexity index is 206. The van der Waals surface area contributed by atoms with E-state index in [9.17, 15) is 0 Å². The Labute approximate surface area is 81.4 Å². The molecular formula is C11H21NO. The van der Waals surface area contributed by atoms with Crippen LogP contribution in [0.1, 0.15) is 34.6 Å². The van der Waals surface area contributed by atoms with E-state index in [1.165, 1.54) is 0 Å². The van der Waals surface area contributed by atoms with Crippen LogP contribution in [0.15, 0.2) is 4.99 Å². The van der Waals surface area contributed by atoms with Crippen LogP contribution in [0.3, 0.4) is 0 Å². The van der Waals surface area contributed by atoms with Crippen molar-refractivity contribution < 1.29 is 4.74 Å². The Morgan fingerprint density at radius 1 is 1.31 bits per heavy atom. The fourth-order valence-electron chi connectivity index (χ4n) is 1.75. The number of aliphatic imine (C=N–C) groups is 1. The highest BCUT2D eigenvalue weighted by Crippen LogP contribution is 2.35. The maximum atomic E-state index is 5.54. The van der Waals surface area contributed by atoms with Crippen molar-refractivity contribution in [3.05, 3.63) is 0 Å². The largest absolute Gasteiger partial charge is 0.479 e. The molecule has 1 aliphatic rings. The molecule has 0 aromatic heterocycles. The zero-order valence-electron chi connectivity index (χ0n) is 9.42. The predicted octanol–water partition coefficient (Wildman–Crippen LogP) is 2.73. The topological polar surface area (TPSA) is 21.6 Å². The summed E-state index contributed by atoms with van der Waals surface area (Å²) in [5.74, 6) is 2.22. The second kappa shape index (κ2) is 3.69. The normalized spacial score (nSPS) is 20.0. The van der Waals surface area contributed by atoms with Gasteiger partial charge in [0.25, 0.3) is 0 Å². The molecule has 0 N–H and O–H groups in total. The molecule has 0 aromatic carbocycles. The molecule has 1 atom stereocenters. The first-order valence-electron chi connectivity index (χ1n) is 5.14. The third kappa shape index (κ3) is 2.04. The van der Waals surface area contributed by atoms with Crippen LogP contribution in [-0.4, -0.2) is 19.0 Å². The minimum absolute atomic E-state index is 0.0880. The van der Waals surface area contributed by atoms with E-state index in [1.807, 2.05) is 0 Å². The Morgan fingerprint density at radius 2 is 1.92 bits per heavy atom. The summed E-state index contributed by atoms with van der Waals surface area (Å²) in [5.41, 5.74) is 0.0880. The quantitative estimate of drug-likeness (QED) is 0.659. The summed E-state index contributed by atoms with van der Waals surface area (Å²) in [7, 11) is 0. The number of hydrogen-bond acceptors (Lipinski definition) is 2. The van der Waals surface area contributed by atoms with Crippen molar-refractivity contribution in [1.82, 2.24) is 0 Å². The zero-order valence-corrected chi connectivity index (χ0v) is 9.42. The average Bonchev–Trinajstić information content (AvgIpc) is 2.54. The zero-order chi connectivity index (χ0) is 10.1. The molecule has 0 aromatic rings. The van der Waals surface area contributed by atoms with Gasteiger partial charge in [-0.15, -0.1) is 0 Å². The summed E-state index contributed by atoms with van der Waals surface area (Å²) in [6, 6.07) is 0. The molecule has 2 nitrogen and oxygen atoms in total. The number of ether oxygens (including phenoxy) is 1. The van der Waals surface area contributed by atoms with Gasteiger partial charge in [-0.25, -0.2) is 0 Å². The number of hydrogen-bond donors (Lipinski definition) is 0. The lowest BCUT2D eigenvalue weighted by Crippen LogP contribution is -2.34. The lowest BCUT2D eigenvalue weighted by atomic mass is 9.74. The molecule has 0 fully saturated rings. The maximum absolute atomic E-state index is 5.54. The SMILES string of the molecule is CC(C)C(C)C(C)(C)C1=NCCO1. The minimum Gasteiger partial charge on any atom is -0.479 e. The summed E-state index contributed by atoms with van der Waals surface area (Å²) in [4.78, 5) is 4.41. The standard InChI is InChI=1S/C11H21NO/c1-8(2)9(3)11(4,5)10-12-6-7-13-10/h8-9H,6-7H2,1-5H3. The van der Waals surface area contributed by atoms with E-state index in [-0.39, 0.29) is 5.41 Å². The lowest BCUT2D eigenvalue weighted by Gasteiger charge is -2.33. The molecule has 76 valence electrons. The fraction of sp³-hybridized carbons (Fsp3) is 0.909. The van der Waals surface area contributed by atoms with Crippen molar-refractivity contribution in [3.8, 4) is 0 Å². The van der Waals surface area contributed by atoms with Crippen LogP contribution in [0, 0.1) is 17.3 Å². The van der Waals surface area contributed by atoms with Crippen molar-refractivity contribution in [2.75, 3.05) is 13.2 Å². The minimum atomic E-state index is 0.0880. The molecule has 1 aliphatic heterocycles. The van der Waals surface area contributed by atoms with Gasteiger partial charge < -0.3 is 4.74 Å². The van der Waals surface area contributed by atoms with E-state index in [4.69, 9.17) is 4.74 Å². The molecule has 0 saturated heterocycles. The fourth-order valence-corrected chi connectivity index (χ4v) is 1.75. The lowest BCUT2D eigenvalue weighted by molar-refractivity contribution is 0.203. The van der Waals surface area contributed by atoms with Crippen LogP contribution >= 0.6 is 0 Å². The molecule has 1 rings (SSSR count). The second-order valence-corrected chi connectivity index (χ2v) is 4.79. The van der Waals surface area contributed by atoms with Gasteiger partial charge >= 0.3 is 0 Å². The molecular weight excluding hydrogens is 162 g/mol. The van der Waals surface area contributed by atoms with E-state index in [0.717, 1.165) is 19.0 Å². The van der Waals surface area contributed by atoms with E-state index < -0.39 is 0 Å². The van der Waals surface area contributed by atoms with Gasteiger partial charge in [0.1, 0.15) is 6.61 Å². The number of rotatable bonds is 3. The molecule has 1 heterocycles. The summed E-state index contributed by atoms with van der Waals surface area (Å²) in [6.07, 6.45) is 0. The first kappa shape index (κ1) is 10.6. The van der Waals surface area contributed by atoms with E-state index >= 15 is 0 Å². The molecule has 0 spiro atoms. The summed E-state index contributed by atoms with van der Waals surface area (Å²) >= 11 is 0.